The third kappa shape index (κ3) is 3.98. The number of aliphatic hydroxyl groups excluding tert-OH is 1. The van der Waals surface area contributed by atoms with Crippen molar-refractivity contribution in [2.75, 3.05) is 6.54 Å². The van der Waals surface area contributed by atoms with Gasteiger partial charge in [0.1, 0.15) is 5.82 Å². The number of nitro benzene ring substituents is 1. The molecular weight excluding hydrogens is 263 g/mol. The summed E-state index contributed by atoms with van der Waals surface area (Å²) in [6.45, 7) is 1.01. The summed E-state index contributed by atoms with van der Waals surface area (Å²) in [6, 6.07) is 3.57. The van der Waals surface area contributed by atoms with Gasteiger partial charge in [0.15, 0.2) is 0 Å². The van der Waals surface area contributed by atoms with Gasteiger partial charge >= 0.3 is 0 Å². The Morgan fingerprint density at radius 1 is 1.35 bits per heavy atom. The monoisotopic (exact) mass is 282 g/mol. The second-order valence-electron chi connectivity index (χ2n) is 5.32. The predicted molar refractivity (Wildman–Crippen MR) is 72.7 cm³/mol. The van der Waals surface area contributed by atoms with Crippen LogP contribution in [-0.4, -0.2) is 22.7 Å². The molecule has 0 aliphatic heterocycles. The minimum Gasteiger partial charge on any atom is -0.393 e. The van der Waals surface area contributed by atoms with Crippen molar-refractivity contribution in [2.45, 2.75) is 38.3 Å². The Morgan fingerprint density at radius 3 is 2.80 bits per heavy atom. The summed E-state index contributed by atoms with van der Waals surface area (Å²) in [5.41, 5.74) is 0.307. The minimum absolute atomic E-state index is 0.215. The average Bonchev–Trinajstić information content (AvgIpc) is 2.40. The van der Waals surface area contributed by atoms with E-state index in [9.17, 15) is 19.6 Å². The fraction of sp³-hybridized carbons (Fsp3) is 0.571. The number of nitrogens with one attached hydrogen (secondary N) is 1. The summed E-state index contributed by atoms with van der Waals surface area (Å²) < 4.78 is 13.3. The maximum Gasteiger partial charge on any atom is 0.272 e. The van der Waals surface area contributed by atoms with Crippen LogP contribution in [0, 0.1) is 21.8 Å². The molecule has 110 valence electrons. The number of rotatable bonds is 5. The Hall–Kier alpha value is -1.53. The maximum absolute atomic E-state index is 13.3. The molecule has 1 saturated carbocycles. The number of aliphatic hydroxyl groups is 1. The molecule has 6 heteroatoms. The lowest BCUT2D eigenvalue weighted by Crippen LogP contribution is -2.33. The van der Waals surface area contributed by atoms with E-state index in [1.165, 1.54) is 12.1 Å². The van der Waals surface area contributed by atoms with Crippen molar-refractivity contribution in [1.82, 2.24) is 5.32 Å². The van der Waals surface area contributed by atoms with Crippen molar-refractivity contribution < 1.29 is 14.4 Å². The lowest BCUT2D eigenvalue weighted by molar-refractivity contribution is -0.385. The summed E-state index contributed by atoms with van der Waals surface area (Å²) in [4.78, 5) is 10.1. The van der Waals surface area contributed by atoms with Crippen LogP contribution in [0.15, 0.2) is 18.2 Å². The first-order valence-electron chi connectivity index (χ1n) is 6.89. The summed E-state index contributed by atoms with van der Waals surface area (Å²) in [5, 5.41) is 23.6. The molecule has 0 bridgehead atoms. The zero-order chi connectivity index (χ0) is 14.5. The molecule has 0 saturated heterocycles. The maximum atomic E-state index is 13.3. The van der Waals surface area contributed by atoms with Gasteiger partial charge in [0.05, 0.1) is 17.1 Å². The third-order valence-corrected chi connectivity index (χ3v) is 3.76. The van der Waals surface area contributed by atoms with Crippen molar-refractivity contribution in [3.05, 3.63) is 39.7 Å². The lowest BCUT2D eigenvalue weighted by Gasteiger charge is -2.27. The van der Waals surface area contributed by atoms with Gasteiger partial charge in [0.25, 0.3) is 5.69 Å². The van der Waals surface area contributed by atoms with Gasteiger partial charge in [-0.15, -0.1) is 0 Å². The third-order valence-electron chi connectivity index (χ3n) is 3.76. The molecule has 0 aromatic heterocycles. The highest BCUT2D eigenvalue weighted by atomic mass is 19.1. The van der Waals surface area contributed by atoms with E-state index in [4.69, 9.17) is 0 Å². The van der Waals surface area contributed by atoms with E-state index in [1.807, 2.05) is 0 Å². The van der Waals surface area contributed by atoms with Gasteiger partial charge in [-0.2, -0.15) is 0 Å². The minimum atomic E-state index is -0.603. The van der Waals surface area contributed by atoms with Crippen LogP contribution in [0.5, 0.6) is 0 Å². The first-order chi connectivity index (χ1) is 9.56. The molecule has 2 atom stereocenters. The number of hydrogen-bond acceptors (Lipinski definition) is 4. The second kappa shape index (κ2) is 6.76. The molecule has 2 unspecified atom stereocenters. The Bertz CT molecular complexity index is 481. The number of nitrogens with zero attached hydrogens (tertiary/aromatic N) is 1. The number of benzene rings is 1. The normalized spacial score (nSPS) is 22.7. The first-order valence-corrected chi connectivity index (χ1v) is 6.89. The van der Waals surface area contributed by atoms with Crippen molar-refractivity contribution in [2.24, 2.45) is 5.92 Å². The standard InChI is InChI=1S/C14H19FN2O3/c15-12-5-10(6-13(7-12)17(19)20)8-16-9-11-3-1-2-4-14(11)18/h5-7,11,14,16,18H,1-4,8-9H2. The van der Waals surface area contributed by atoms with E-state index in [1.54, 1.807) is 0 Å². The lowest BCUT2D eigenvalue weighted by atomic mass is 9.86. The number of halogens is 1. The highest BCUT2D eigenvalue weighted by molar-refractivity contribution is 5.35. The Labute approximate surface area is 117 Å². The van der Waals surface area contributed by atoms with Gasteiger partial charge in [0.2, 0.25) is 0 Å². The van der Waals surface area contributed by atoms with Crippen LogP contribution in [-0.2, 0) is 6.54 Å². The molecule has 1 fully saturated rings. The topological polar surface area (TPSA) is 75.4 Å². The van der Waals surface area contributed by atoms with Crippen LogP contribution in [0.1, 0.15) is 31.2 Å². The summed E-state index contributed by atoms with van der Waals surface area (Å²) in [6.07, 6.45) is 3.72. The summed E-state index contributed by atoms with van der Waals surface area (Å²) >= 11 is 0. The van der Waals surface area contributed by atoms with E-state index >= 15 is 0 Å². The van der Waals surface area contributed by atoms with E-state index in [-0.39, 0.29) is 17.7 Å². The second-order valence-corrected chi connectivity index (χ2v) is 5.32. The van der Waals surface area contributed by atoms with Crippen molar-refractivity contribution in [3.8, 4) is 0 Å². The largest absolute Gasteiger partial charge is 0.393 e. The van der Waals surface area contributed by atoms with Gasteiger partial charge in [-0.1, -0.05) is 12.8 Å². The Kier molecular flexibility index (Phi) is 5.03. The van der Waals surface area contributed by atoms with Crippen molar-refractivity contribution in [3.63, 3.8) is 0 Å². The molecule has 0 radical (unpaired) electrons. The zero-order valence-electron chi connectivity index (χ0n) is 11.2. The van der Waals surface area contributed by atoms with Crippen molar-refractivity contribution in [1.29, 1.82) is 0 Å². The van der Waals surface area contributed by atoms with Gasteiger partial charge < -0.3 is 10.4 Å². The molecular formula is C14H19FN2O3. The average molecular weight is 282 g/mol. The van der Waals surface area contributed by atoms with E-state index in [2.05, 4.69) is 5.32 Å². The van der Waals surface area contributed by atoms with Gasteiger partial charge in [-0.25, -0.2) is 4.39 Å². The molecule has 0 spiro atoms. The summed E-state index contributed by atoms with van der Waals surface area (Å²) in [5.74, 6) is -0.388. The molecule has 2 rings (SSSR count). The quantitative estimate of drug-likeness (QED) is 0.642. The predicted octanol–water partition coefficient (Wildman–Crippen LogP) is 2.37. The highest BCUT2D eigenvalue weighted by Gasteiger charge is 2.22. The SMILES string of the molecule is O=[N+]([O-])c1cc(F)cc(CNCC2CCCCC2O)c1. The molecule has 5 nitrogen and oxygen atoms in total. The van der Waals surface area contributed by atoms with Crippen molar-refractivity contribution >= 4 is 5.69 Å². The fourth-order valence-electron chi connectivity index (χ4n) is 2.67. The van der Waals surface area contributed by atoms with Crippen LogP contribution in [0.2, 0.25) is 0 Å². The van der Waals surface area contributed by atoms with E-state index in [0.717, 1.165) is 31.7 Å². The number of nitro groups is 1. The van der Waals surface area contributed by atoms with Crippen LogP contribution < -0.4 is 5.32 Å². The molecule has 0 heterocycles. The van der Waals surface area contributed by atoms with Crippen LogP contribution >= 0.6 is 0 Å². The molecule has 2 N–H and O–H groups in total. The van der Waals surface area contributed by atoms with E-state index in [0.29, 0.717) is 18.7 Å². The first kappa shape index (κ1) is 14.9. The molecule has 1 aliphatic carbocycles. The number of hydrogen-bond donors (Lipinski definition) is 2. The zero-order valence-corrected chi connectivity index (χ0v) is 11.2. The van der Waals surface area contributed by atoms with Gasteiger partial charge in [-0.05, 0) is 30.4 Å². The van der Waals surface area contributed by atoms with E-state index < -0.39 is 10.7 Å². The van der Waals surface area contributed by atoms with Gasteiger partial charge in [-0.3, -0.25) is 10.1 Å². The van der Waals surface area contributed by atoms with Crippen LogP contribution in [0.3, 0.4) is 0 Å². The molecule has 1 aromatic carbocycles. The van der Waals surface area contributed by atoms with Crippen LogP contribution in [0.25, 0.3) is 0 Å². The fourth-order valence-corrected chi connectivity index (χ4v) is 2.67. The molecule has 20 heavy (non-hydrogen) atoms. The number of non-ortho nitro benzene ring substituents is 1. The highest BCUT2D eigenvalue weighted by Crippen LogP contribution is 2.23. The Balaban J connectivity index is 1.89. The molecule has 1 aliphatic rings. The molecule has 0 amide bonds. The van der Waals surface area contributed by atoms with Crippen LogP contribution in [0.4, 0.5) is 10.1 Å². The Morgan fingerprint density at radius 2 is 2.10 bits per heavy atom. The summed E-state index contributed by atoms with van der Waals surface area (Å²) in [7, 11) is 0. The van der Waals surface area contributed by atoms with Gasteiger partial charge in [0, 0.05) is 19.2 Å². The molecule has 1 aromatic rings. The smallest absolute Gasteiger partial charge is 0.272 e.